The lowest BCUT2D eigenvalue weighted by atomic mass is 9.64. The van der Waals surface area contributed by atoms with Gasteiger partial charge in [0, 0.05) is 30.2 Å². The van der Waals surface area contributed by atoms with E-state index in [1.165, 1.54) is 24.8 Å². The molecule has 2 N–H and O–H groups in total. The van der Waals surface area contributed by atoms with Gasteiger partial charge in [-0.1, -0.05) is 36.2 Å². The van der Waals surface area contributed by atoms with Gasteiger partial charge >= 0.3 is 0 Å². The van der Waals surface area contributed by atoms with Crippen molar-refractivity contribution in [3.8, 4) is 0 Å². The molecule has 0 saturated heterocycles. The summed E-state index contributed by atoms with van der Waals surface area (Å²) in [6.45, 7) is 1.53. The normalized spacial score (nSPS) is 16.3. The predicted molar refractivity (Wildman–Crippen MR) is 99.4 cm³/mol. The number of halogens is 1. The third-order valence-electron chi connectivity index (χ3n) is 4.75. The Labute approximate surface area is 148 Å². The monoisotopic (exact) mass is 342 g/mol. The summed E-state index contributed by atoms with van der Waals surface area (Å²) in [4.78, 5) is 8.64. The minimum atomic E-state index is 0.188. The number of guanidine groups is 1. The maximum absolute atomic E-state index is 6.02. The molecule has 5 heteroatoms. The van der Waals surface area contributed by atoms with Gasteiger partial charge in [-0.05, 0) is 42.7 Å². The maximum atomic E-state index is 6.02. The van der Waals surface area contributed by atoms with Crippen LogP contribution < -0.4 is 10.6 Å². The van der Waals surface area contributed by atoms with Crippen LogP contribution in [0.5, 0.6) is 0 Å². The Hall–Kier alpha value is -2.07. The zero-order valence-electron chi connectivity index (χ0n) is 13.9. The van der Waals surface area contributed by atoms with Crippen molar-refractivity contribution >= 4 is 17.6 Å². The smallest absolute Gasteiger partial charge is 0.191 e. The van der Waals surface area contributed by atoms with Crippen molar-refractivity contribution in [2.24, 2.45) is 4.99 Å². The Morgan fingerprint density at radius 2 is 1.96 bits per heavy atom. The molecule has 0 radical (unpaired) electrons. The third kappa shape index (κ3) is 3.88. The van der Waals surface area contributed by atoms with E-state index in [1.807, 2.05) is 30.3 Å². The molecule has 126 valence electrons. The van der Waals surface area contributed by atoms with E-state index in [2.05, 4.69) is 32.7 Å². The topological polar surface area (TPSA) is 49.3 Å². The van der Waals surface area contributed by atoms with Crippen LogP contribution >= 0.6 is 11.6 Å². The van der Waals surface area contributed by atoms with E-state index >= 15 is 0 Å². The molecule has 1 saturated carbocycles. The molecule has 0 spiro atoms. The molecule has 0 bridgehead atoms. The molecule has 4 nitrogen and oxygen atoms in total. The highest BCUT2D eigenvalue weighted by atomic mass is 35.5. The third-order valence-corrected chi connectivity index (χ3v) is 5.00. The number of nitrogens with one attached hydrogen (secondary N) is 2. The molecule has 1 aliphatic carbocycles. The maximum Gasteiger partial charge on any atom is 0.191 e. The van der Waals surface area contributed by atoms with Gasteiger partial charge in [-0.15, -0.1) is 0 Å². The lowest BCUT2D eigenvalue weighted by molar-refractivity contribution is 0.244. The summed E-state index contributed by atoms with van der Waals surface area (Å²) in [7, 11) is 1.80. The molecule has 3 rings (SSSR count). The zero-order valence-corrected chi connectivity index (χ0v) is 14.7. The zero-order chi connectivity index (χ0) is 16.8. The van der Waals surface area contributed by atoms with Crippen LogP contribution in [0.3, 0.4) is 0 Å². The Morgan fingerprint density at radius 3 is 2.54 bits per heavy atom. The molecular formula is C19H23ClN4. The van der Waals surface area contributed by atoms with E-state index in [0.717, 1.165) is 23.2 Å². The average Bonchev–Trinajstić information content (AvgIpc) is 2.59. The second-order valence-electron chi connectivity index (χ2n) is 6.24. The Balaban J connectivity index is 1.59. The summed E-state index contributed by atoms with van der Waals surface area (Å²) in [6.07, 6.45) is 5.46. The van der Waals surface area contributed by atoms with Crippen molar-refractivity contribution < 1.29 is 0 Å². The first kappa shape index (κ1) is 16.8. The fourth-order valence-electron chi connectivity index (χ4n) is 3.13. The van der Waals surface area contributed by atoms with Gasteiger partial charge in [-0.3, -0.25) is 9.98 Å². The standard InChI is InChI=1S/C19H23ClN4/c1-21-18(23-13-17-5-2-3-12-22-17)24-14-19(10-4-11-19)15-6-8-16(20)9-7-15/h2-3,5-9,12H,4,10-11,13-14H2,1H3,(H2,21,23,24). The molecule has 0 unspecified atom stereocenters. The highest BCUT2D eigenvalue weighted by Crippen LogP contribution is 2.43. The molecule has 1 fully saturated rings. The van der Waals surface area contributed by atoms with Crippen LogP contribution in [0.4, 0.5) is 0 Å². The van der Waals surface area contributed by atoms with E-state index in [0.29, 0.717) is 6.54 Å². The van der Waals surface area contributed by atoms with Crippen LogP contribution in [0.1, 0.15) is 30.5 Å². The van der Waals surface area contributed by atoms with Crippen molar-refractivity contribution in [1.82, 2.24) is 15.6 Å². The fraction of sp³-hybridized carbons (Fsp3) is 0.368. The second kappa shape index (κ2) is 7.67. The molecule has 0 atom stereocenters. The van der Waals surface area contributed by atoms with E-state index in [9.17, 15) is 0 Å². The van der Waals surface area contributed by atoms with Crippen LogP contribution in [0, 0.1) is 0 Å². The van der Waals surface area contributed by atoms with Crippen molar-refractivity contribution in [1.29, 1.82) is 0 Å². The molecular weight excluding hydrogens is 320 g/mol. The number of hydrogen-bond donors (Lipinski definition) is 2. The Kier molecular flexibility index (Phi) is 5.36. The van der Waals surface area contributed by atoms with Crippen LogP contribution in [0.2, 0.25) is 5.02 Å². The fourth-order valence-corrected chi connectivity index (χ4v) is 3.25. The first-order chi connectivity index (χ1) is 11.7. The van der Waals surface area contributed by atoms with Crippen LogP contribution in [0.15, 0.2) is 53.7 Å². The molecule has 0 aliphatic heterocycles. The number of aliphatic imine (C=N–C) groups is 1. The highest BCUT2D eigenvalue weighted by molar-refractivity contribution is 6.30. The summed E-state index contributed by atoms with van der Waals surface area (Å²) < 4.78 is 0. The quantitative estimate of drug-likeness (QED) is 0.645. The average molecular weight is 343 g/mol. The number of hydrogen-bond acceptors (Lipinski definition) is 2. The van der Waals surface area contributed by atoms with Gasteiger partial charge in [0.25, 0.3) is 0 Å². The van der Waals surface area contributed by atoms with Gasteiger partial charge in [0.1, 0.15) is 0 Å². The highest BCUT2D eigenvalue weighted by Gasteiger charge is 2.38. The molecule has 1 aliphatic rings. The summed E-state index contributed by atoms with van der Waals surface area (Å²) in [5.41, 5.74) is 2.54. The summed E-state index contributed by atoms with van der Waals surface area (Å²) in [6, 6.07) is 14.2. The molecule has 24 heavy (non-hydrogen) atoms. The molecule has 1 heterocycles. The number of nitrogens with zero attached hydrogens (tertiary/aromatic N) is 2. The lowest BCUT2D eigenvalue weighted by Crippen LogP contribution is -2.48. The van der Waals surface area contributed by atoms with Crippen LogP contribution in [-0.4, -0.2) is 24.5 Å². The summed E-state index contributed by atoms with van der Waals surface area (Å²) in [5, 5.41) is 7.58. The lowest BCUT2D eigenvalue weighted by Gasteiger charge is -2.43. The van der Waals surface area contributed by atoms with E-state index in [4.69, 9.17) is 11.6 Å². The van der Waals surface area contributed by atoms with Gasteiger partial charge in [0.05, 0.1) is 12.2 Å². The van der Waals surface area contributed by atoms with Crippen molar-refractivity contribution in [3.63, 3.8) is 0 Å². The predicted octanol–water partition coefficient (Wildman–Crippen LogP) is 3.52. The summed E-state index contributed by atoms with van der Waals surface area (Å²) >= 11 is 6.02. The van der Waals surface area contributed by atoms with Gasteiger partial charge in [-0.2, -0.15) is 0 Å². The minimum absolute atomic E-state index is 0.188. The minimum Gasteiger partial charge on any atom is -0.356 e. The first-order valence-electron chi connectivity index (χ1n) is 8.32. The first-order valence-corrected chi connectivity index (χ1v) is 8.70. The molecule has 1 aromatic carbocycles. The summed E-state index contributed by atoms with van der Waals surface area (Å²) in [5.74, 6) is 0.806. The van der Waals surface area contributed by atoms with Gasteiger partial charge in [-0.25, -0.2) is 0 Å². The van der Waals surface area contributed by atoms with Gasteiger partial charge < -0.3 is 10.6 Å². The van der Waals surface area contributed by atoms with E-state index < -0.39 is 0 Å². The number of rotatable bonds is 5. The van der Waals surface area contributed by atoms with Gasteiger partial charge in [0.15, 0.2) is 5.96 Å². The largest absolute Gasteiger partial charge is 0.356 e. The van der Waals surface area contributed by atoms with E-state index in [-0.39, 0.29) is 5.41 Å². The van der Waals surface area contributed by atoms with Crippen molar-refractivity contribution in [3.05, 3.63) is 64.9 Å². The van der Waals surface area contributed by atoms with Crippen molar-refractivity contribution in [2.75, 3.05) is 13.6 Å². The second-order valence-corrected chi connectivity index (χ2v) is 6.68. The Morgan fingerprint density at radius 1 is 1.17 bits per heavy atom. The number of pyridine rings is 1. The van der Waals surface area contributed by atoms with E-state index in [1.54, 1.807) is 13.2 Å². The van der Waals surface area contributed by atoms with Crippen LogP contribution in [-0.2, 0) is 12.0 Å². The van der Waals surface area contributed by atoms with Gasteiger partial charge in [0.2, 0.25) is 0 Å². The van der Waals surface area contributed by atoms with Crippen LogP contribution in [0.25, 0.3) is 0 Å². The molecule has 1 aromatic heterocycles. The number of benzene rings is 1. The SMILES string of the molecule is CN=C(NCc1ccccn1)NCC1(c2ccc(Cl)cc2)CCC1. The molecule has 0 amide bonds. The Bertz CT molecular complexity index is 678. The number of aromatic nitrogens is 1. The molecule has 2 aromatic rings. The van der Waals surface area contributed by atoms with Crippen molar-refractivity contribution in [2.45, 2.75) is 31.2 Å².